The topological polar surface area (TPSA) is 46.6 Å². The number of benzene rings is 2. The van der Waals surface area contributed by atoms with Crippen LogP contribution in [0, 0.1) is 11.7 Å². The van der Waals surface area contributed by atoms with Crippen LogP contribution in [0.25, 0.3) is 0 Å². The summed E-state index contributed by atoms with van der Waals surface area (Å²) in [6.45, 7) is 0.212. The molecule has 6 heteroatoms. The maximum absolute atomic E-state index is 14.8. The van der Waals surface area contributed by atoms with E-state index in [9.17, 15) is 18.4 Å². The summed E-state index contributed by atoms with van der Waals surface area (Å²) in [4.78, 5) is 28.2. The molecule has 0 saturated heterocycles. The summed E-state index contributed by atoms with van der Waals surface area (Å²) in [5.41, 5.74) is 1.27. The fraction of sp³-hybridized carbons (Fsp3) is 0.333. The van der Waals surface area contributed by atoms with Gasteiger partial charge in [0.25, 0.3) is 5.91 Å². The number of Topliss-reactive ketones (excluding diaryl/α,β-unsaturated/α-hetero) is 1. The number of hydrogen-bond acceptors (Lipinski definition) is 3. The summed E-state index contributed by atoms with van der Waals surface area (Å²) in [5.74, 6) is -1.84. The minimum Gasteiger partial charge on any atom is -0.483 e. The van der Waals surface area contributed by atoms with Crippen molar-refractivity contribution in [2.45, 2.75) is 44.1 Å². The van der Waals surface area contributed by atoms with Crippen LogP contribution in [0.1, 0.15) is 36.4 Å². The van der Waals surface area contributed by atoms with Crippen molar-refractivity contribution in [3.05, 3.63) is 82.9 Å². The SMILES string of the molecule is O=C1C2=C(OC3CCC(F)CC13)C(=O)N(Cc1ccccc1)C2c1ccccc1F. The van der Waals surface area contributed by atoms with E-state index < -0.39 is 36.0 Å². The second-order valence-corrected chi connectivity index (χ2v) is 8.12. The number of alkyl halides is 1. The third-order valence-corrected chi connectivity index (χ3v) is 6.27. The molecule has 30 heavy (non-hydrogen) atoms. The Morgan fingerprint density at radius 1 is 1.00 bits per heavy atom. The van der Waals surface area contributed by atoms with E-state index >= 15 is 0 Å². The summed E-state index contributed by atoms with van der Waals surface area (Å²) in [6, 6.07) is 14.6. The standard InChI is InChI=1S/C24H21F2NO3/c25-15-10-11-19-17(12-15)22(28)20-21(16-8-4-5-9-18(16)26)27(24(29)23(20)30-19)13-14-6-2-1-3-7-14/h1-9,15,17,19,21H,10-13H2. The zero-order valence-electron chi connectivity index (χ0n) is 16.3. The number of amides is 1. The molecule has 1 saturated carbocycles. The van der Waals surface area contributed by atoms with Gasteiger partial charge in [-0.05, 0) is 30.9 Å². The van der Waals surface area contributed by atoms with E-state index in [0.29, 0.717) is 12.8 Å². The fourth-order valence-corrected chi connectivity index (χ4v) is 4.83. The monoisotopic (exact) mass is 409 g/mol. The van der Waals surface area contributed by atoms with E-state index in [-0.39, 0.29) is 35.6 Å². The molecule has 3 aliphatic rings. The summed E-state index contributed by atoms with van der Waals surface area (Å²) >= 11 is 0. The van der Waals surface area contributed by atoms with Gasteiger partial charge < -0.3 is 9.64 Å². The first kappa shape index (κ1) is 19.0. The molecule has 2 aromatic carbocycles. The minimum absolute atomic E-state index is 0.00254. The number of ether oxygens (including phenoxy) is 1. The van der Waals surface area contributed by atoms with Crippen LogP contribution in [0.4, 0.5) is 8.78 Å². The minimum atomic E-state index is -1.06. The molecule has 2 heterocycles. The number of carbonyl (C=O) groups excluding carboxylic acids is 2. The van der Waals surface area contributed by atoms with Crippen molar-refractivity contribution < 1.29 is 23.1 Å². The maximum Gasteiger partial charge on any atom is 0.290 e. The Labute approximate surface area is 173 Å². The van der Waals surface area contributed by atoms with Gasteiger partial charge in [-0.15, -0.1) is 0 Å². The van der Waals surface area contributed by atoms with Crippen LogP contribution in [0.5, 0.6) is 0 Å². The number of halogens is 2. The fourth-order valence-electron chi connectivity index (χ4n) is 4.83. The Balaban J connectivity index is 1.60. The van der Waals surface area contributed by atoms with E-state index in [2.05, 4.69) is 0 Å². The van der Waals surface area contributed by atoms with Crippen LogP contribution in [0.2, 0.25) is 0 Å². The number of carbonyl (C=O) groups is 2. The molecule has 0 spiro atoms. The predicted octanol–water partition coefficient (Wildman–Crippen LogP) is 4.27. The van der Waals surface area contributed by atoms with Gasteiger partial charge in [-0.25, -0.2) is 8.78 Å². The zero-order chi connectivity index (χ0) is 20.8. The van der Waals surface area contributed by atoms with Crippen LogP contribution in [0.3, 0.4) is 0 Å². The Morgan fingerprint density at radius 3 is 2.50 bits per heavy atom. The van der Waals surface area contributed by atoms with Gasteiger partial charge in [0, 0.05) is 12.1 Å². The Bertz CT molecular complexity index is 1040. The lowest BCUT2D eigenvalue weighted by atomic mass is 9.77. The lowest BCUT2D eigenvalue weighted by molar-refractivity contribution is -0.136. The second kappa shape index (κ2) is 7.35. The lowest BCUT2D eigenvalue weighted by Crippen LogP contribution is -2.42. The molecule has 5 rings (SSSR count). The van der Waals surface area contributed by atoms with E-state index in [4.69, 9.17) is 4.74 Å². The Kier molecular flexibility index (Phi) is 4.65. The molecule has 1 fully saturated rings. The smallest absolute Gasteiger partial charge is 0.290 e. The molecule has 1 aliphatic carbocycles. The quantitative estimate of drug-likeness (QED) is 0.761. The average molecular weight is 409 g/mol. The normalized spacial score (nSPS) is 28.3. The number of hydrogen-bond donors (Lipinski definition) is 0. The molecule has 0 bridgehead atoms. The van der Waals surface area contributed by atoms with Crippen molar-refractivity contribution in [3.63, 3.8) is 0 Å². The molecule has 0 radical (unpaired) electrons. The van der Waals surface area contributed by atoms with Crippen LogP contribution in [-0.4, -0.2) is 28.9 Å². The molecule has 0 aromatic heterocycles. The van der Waals surface area contributed by atoms with Crippen molar-refractivity contribution in [1.82, 2.24) is 4.90 Å². The highest BCUT2D eigenvalue weighted by Gasteiger charge is 2.53. The van der Waals surface area contributed by atoms with Gasteiger partial charge in [0.05, 0.1) is 17.5 Å². The van der Waals surface area contributed by atoms with Crippen molar-refractivity contribution in [2.24, 2.45) is 5.92 Å². The van der Waals surface area contributed by atoms with Crippen LogP contribution >= 0.6 is 0 Å². The largest absolute Gasteiger partial charge is 0.483 e. The van der Waals surface area contributed by atoms with E-state index in [1.54, 1.807) is 18.2 Å². The first-order valence-corrected chi connectivity index (χ1v) is 10.2. The van der Waals surface area contributed by atoms with Crippen molar-refractivity contribution >= 4 is 11.7 Å². The highest BCUT2D eigenvalue weighted by atomic mass is 19.1. The molecule has 4 unspecified atom stereocenters. The molecule has 4 atom stereocenters. The Morgan fingerprint density at radius 2 is 1.73 bits per heavy atom. The van der Waals surface area contributed by atoms with Crippen molar-refractivity contribution in [3.8, 4) is 0 Å². The highest BCUT2D eigenvalue weighted by Crippen LogP contribution is 2.47. The highest BCUT2D eigenvalue weighted by molar-refractivity contribution is 6.11. The molecule has 1 amide bonds. The Hall–Kier alpha value is -3.02. The number of rotatable bonds is 3. The van der Waals surface area contributed by atoms with Crippen molar-refractivity contribution in [2.75, 3.05) is 0 Å². The number of fused-ring (bicyclic) bond motifs is 1. The first-order chi connectivity index (χ1) is 14.5. The van der Waals surface area contributed by atoms with Crippen LogP contribution < -0.4 is 0 Å². The van der Waals surface area contributed by atoms with Gasteiger partial charge in [-0.1, -0.05) is 48.5 Å². The van der Waals surface area contributed by atoms with Gasteiger partial charge in [0.15, 0.2) is 11.5 Å². The van der Waals surface area contributed by atoms with Gasteiger partial charge in [-0.2, -0.15) is 0 Å². The lowest BCUT2D eigenvalue weighted by Gasteiger charge is -2.36. The third-order valence-electron chi connectivity index (χ3n) is 6.27. The van der Waals surface area contributed by atoms with E-state index in [1.807, 2.05) is 30.3 Å². The number of ketones is 1. The number of nitrogens with zero attached hydrogens (tertiary/aromatic N) is 1. The second-order valence-electron chi connectivity index (χ2n) is 8.12. The van der Waals surface area contributed by atoms with Gasteiger partial charge in [0.1, 0.15) is 18.1 Å². The summed E-state index contributed by atoms with van der Waals surface area (Å²) in [7, 11) is 0. The zero-order valence-corrected chi connectivity index (χ0v) is 16.3. The molecule has 4 nitrogen and oxygen atoms in total. The first-order valence-electron chi connectivity index (χ1n) is 10.2. The summed E-state index contributed by atoms with van der Waals surface area (Å²) in [5, 5.41) is 0. The molecule has 2 aromatic rings. The van der Waals surface area contributed by atoms with Crippen molar-refractivity contribution in [1.29, 1.82) is 0 Å². The van der Waals surface area contributed by atoms with Crippen LogP contribution in [-0.2, 0) is 20.9 Å². The van der Waals surface area contributed by atoms with Crippen LogP contribution in [0.15, 0.2) is 65.9 Å². The molecular weight excluding hydrogens is 388 g/mol. The van der Waals surface area contributed by atoms with E-state index in [1.165, 1.54) is 11.0 Å². The predicted molar refractivity (Wildman–Crippen MR) is 105 cm³/mol. The molecule has 154 valence electrons. The average Bonchev–Trinajstić information content (AvgIpc) is 3.02. The van der Waals surface area contributed by atoms with Gasteiger partial charge >= 0.3 is 0 Å². The van der Waals surface area contributed by atoms with Gasteiger partial charge in [0.2, 0.25) is 0 Å². The summed E-state index contributed by atoms with van der Waals surface area (Å²) < 4.78 is 34.8. The third kappa shape index (κ3) is 3.02. The van der Waals surface area contributed by atoms with E-state index in [0.717, 1.165) is 5.56 Å². The summed E-state index contributed by atoms with van der Waals surface area (Å²) in [6.07, 6.45) is -0.770. The molecule has 0 N–H and O–H groups in total. The van der Waals surface area contributed by atoms with Gasteiger partial charge in [-0.3, -0.25) is 9.59 Å². The molecule has 2 aliphatic heterocycles. The maximum atomic E-state index is 14.8. The molecular formula is C24H21F2NO3.